The molecule has 0 spiro atoms. The first-order chi connectivity index (χ1) is 12.6. The number of hydrogen-bond donors (Lipinski definition) is 1. The zero-order valence-electron chi connectivity index (χ0n) is 14.3. The van der Waals surface area contributed by atoms with Gasteiger partial charge in [0.15, 0.2) is 16.7 Å². The third kappa shape index (κ3) is 4.28. The number of amidine groups is 1. The first-order valence-corrected chi connectivity index (χ1v) is 9.56. The maximum Gasteiger partial charge on any atom is 0.264 e. The number of rotatable bonds is 5. The van der Waals surface area contributed by atoms with Gasteiger partial charge in [0.1, 0.15) is 0 Å². The highest BCUT2D eigenvalue weighted by Gasteiger charge is 2.24. The standard InChI is InChI=1S/C19H17BrN2O3S/c1-3-25-17-14(20)9-12(10-15(17)24-2)11-16-18(23)22-19(26-16)21-13-7-5-4-6-8-13/h4-11H,3H2,1-2H3,(H,21,22,23)/b16-11-. The van der Waals surface area contributed by atoms with E-state index in [0.29, 0.717) is 28.2 Å². The van der Waals surface area contributed by atoms with E-state index in [0.717, 1.165) is 15.7 Å². The minimum Gasteiger partial charge on any atom is -0.493 e. The van der Waals surface area contributed by atoms with E-state index in [1.807, 2.05) is 49.4 Å². The maximum atomic E-state index is 12.2. The number of thioether (sulfide) groups is 1. The molecule has 5 nitrogen and oxygen atoms in total. The quantitative estimate of drug-likeness (QED) is 0.692. The van der Waals surface area contributed by atoms with Crippen LogP contribution in [0.1, 0.15) is 12.5 Å². The summed E-state index contributed by atoms with van der Waals surface area (Å²) in [7, 11) is 1.59. The van der Waals surface area contributed by atoms with Crippen LogP contribution >= 0.6 is 27.7 Å². The Balaban J connectivity index is 1.87. The lowest BCUT2D eigenvalue weighted by molar-refractivity contribution is -0.115. The zero-order chi connectivity index (χ0) is 18.5. The van der Waals surface area contributed by atoms with Crippen LogP contribution in [0.15, 0.2) is 56.8 Å². The molecule has 26 heavy (non-hydrogen) atoms. The van der Waals surface area contributed by atoms with Crippen LogP contribution in [0.25, 0.3) is 6.08 Å². The van der Waals surface area contributed by atoms with E-state index in [9.17, 15) is 4.79 Å². The number of amides is 1. The van der Waals surface area contributed by atoms with E-state index in [1.54, 1.807) is 13.2 Å². The van der Waals surface area contributed by atoms with Gasteiger partial charge in [-0.15, -0.1) is 0 Å². The molecule has 134 valence electrons. The molecule has 1 heterocycles. The highest BCUT2D eigenvalue weighted by Crippen LogP contribution is 2.38. The second-order valence-electron chi connectivity index (χ2n) is 5.28. The average Bonchev–Trinajstić information content (AvgIpc) is 2.97. The second kappa shape index (κ2) is 8.42. The van der Waals surface area contributed by atoms with E-state index in [-0.39, 0.29) is 5.91 Å². The predicted octanol–water partition coefficient (Wildman–Crippen LogP) is 4.75. The molecule has 1 N–H and O–H groups in total. The third-order valence-corrected chi connectivity index (χ3v) is 4.97. The minimum absolute atomic E-state index is 0.173. The average molecular weight is 433 g/mol. The lowest BCUT2D eigenvalue weighted by Crippen LogP contribution is -2.19. The number of nitrogens with zero attached hydrogens (tertiary/aromatic N) is 1. The van der Waals surface area contributed by atoms with E-state index in [2.05, 4.69) is 26.2 Å². The van der Waals surface area contributed by atoms with Crippen LogP contribution in [0, 0.1) is 0 Å². The monoisotopic (exact) mass is 432 g/mol. The summed E-state index contributed by atoms with van der Waals surface area (Å²) < 4.78 is 11.8. The molecule has 0 bridgehead atoms. The van der Waals surface area contributed by atoms with Crippen LogP contribution in [0.3, 0.4) is 0 Å². The Hall–Kier alpha value is -2.25. The summed E-state index contributed by atoms with van der Waals surface area (Å²) in [5.41, 5.74) is 1.62. The molecule has 0 atom stereocenters. The molecule has 1 fully saturated rings. The summed E-state index contributed by atoms with van der Waals surface area (Å²) in [6, 6.07) is 13.2. The van der Waals surface area contributed by atoms with Gasteiger partial charge >= 0.3 is 0 Å². The molecule has 1 aliphatic rings. The van der Waals surface area contributed by atoms with Crippen LogP contribution in [-0.4, -0.2) is 24.8 Å². The number of ether oxygens (including phenoxy) is 2. The first kappa shape index (κ1) is 18.5. The van der Waals surface area contributed by atoms with Gasteiger partial charge in [-0.3, -0.25) is 4.79 Å². The van der Waals surface area contributed by atoms with Gasteiger partial charge in [-0.2, -0.15) is 0 Å². The van der Waals surface area contributed by atoms with E-state index in [1.165, 1.54) is 11.8 Å². The van der Waals surface area contributed by atoms with Crippen LogP contribution in [-0.2, 0) is 4.79 Å². The summed E-state index contributed by atoms with van der Waals surface area (Å²) in [6.45, 7) is 2.45. The lowest BCUT2D eigenvalue weighted by Gasteiger charge is -2.12. The molecule has 2 aromatic rings. The summed E-state index contributed by atoms with van der Waals surface area (Å²) >= 11 is 4.80. The van der Waals surface area contributed by atoms with Crippen molar-refractivity contribution in [3.05, 3.63) is 57.4 Å². The number of halogens is 1. The van der Waals surface area contributed by atoms with Crippen molar-refractivity contribution in [2.45, 2.75) is 6.92 Å². The Morgan fingerprint density at radius 2 is 2.04 bits per heavy atom. The molecule has 0 unspecified atom stereocenters. The number of carbonyl (C=O) groups excluding carboxylic acids is 1. The SMILES string of the molecule is CCOc1c(Br)cc(/C=C2\SC(=Nc3ccccc3)NC2=O)cc1OC. The molecule has 2 aromatic carbocycles. The number of benzene rings is 2. The van der Waals surface area contributed by atoms with Crippen molar-refractivity contribution < 1.29 is 14.3 Å². The van der Waals surface area contributed by atoms with Crippen LogP contribution in [0.5, 0.6) is 11.5 Å². The highest BCUT2D eigenvalue weighted by molar-refractivity contribution is 9.10. The molecule has 1 saturated heterocycles. The smallest absolute Gasteiger partial charge is 0.264 e. The Morgan fingerprint density at radius 3 is 2.73 bits per heavy atom. The van der Waals surface area contributed by atoms with E-state index >= 15 is 0 Å². The van der Waals surface area contributed by atoms with Crippen LogP contribution in [0.4, 0.5) is 5.69 Å². The van der Waals surface area contributed by atoms with Crippen molar-refractivity contribution in [3.8, 4) is 11.5 Å². The van der Waals surface area contributed by atoms with Crippen molar-refractivity contribution in [3.63, 3.8) is 0 Å². The predicted molar refractivity (Wildman–Crippen MR) is 109 cm³/mol. The summed E-state index contributed by atoms with van der Waals surface area (Å²) in [4.78, 5) is 17.2. The number of para-hydroxylation sites is 1. The molecule has 0 saturated carbocycles. The van der Waals surface area contributed by atoms with Crippen molar-refractivity contribution in [1.29, 1.82) is 0 Å². The maximum absolute atomic E-state index is 12.2. The minimum atomic E-state index is -0.173. The number of carbonyl (C=O) groups is 1. The molecule has 1 amide bonds. The molecule has 0 aromatic heterocycles. The van der Waals surface area contributed by atoms with Gasteiger partial charge in [0.25, 0.3) is 5.91 Å². The number of methoxy groups -OCH3 is 1. The second-order valence-corrected chi connectivity index (χ2v) is 7.17. The lowest BCUT2D eigenvalue weighted by atomic mass is 10.2. The van der Waals surface area contributed by atoms with Crippen LogP contribution < -0.4 is 14.8 Å². The normalized spacial score (nSPS) is 16.8. The molecule has 7 heteroatoms. The summed E-state index contributed by atoms with van der Waals surface area (Å²) in [5.74, 6) is 1.08. The zero-order valence-corrected chi connectivity index (χ0v) is 16.7. The molecular formula is C19H17BrN2O3S. The number of aliphatic imine (C=N–C) groups is 1. The Morgan fingerprint density at radius 1 is 1.27 bits per heavy atom. The summed E-state index contributed by atoms with van der Waals surface area (Å²) in [5, 5.41) is 3.35. The topological polar surface area (TPSA) is 59.9 Å². The molecule has 0 aliphatic carbocycles. The fourth-order valence-corrected chi connectivity index (χ4v) is 3.78. The van der Waals surface area contributed by atoms with Gasteiger partial charge in [-0.25, -0.2) is 4.99 Å². The first-order valence-electron chi connectivity index (χ1n) is 7.95. The van der Waals surface area contributed by atoms with Crippen molar-refractivity contribution in [2.75, 3.05) is 13.7 Å². The van der Waals surface area contributed by atoms with Gasteiger partial charge in [0, 0.05) is 0 Å². The number of nitrogens with one attached hydrogen (secondary N) is 1. The third-order valence-electron chi connectivity index (χ3n) is 3.48. The van der Waals surface area contributed by atoms with Crippen molar-refractivity contribution in [2.24, 2.45) is 4.99 Å². The molecule has 1 aliphatic heterocycles. The summed E-state index contributed by atoms with van der Waals surface area (Å²) in [6.07, 6.45) is 1.80. The van der Waals surface area contributed by atoms with E-state index in [4.69, 9.17) is 9.47 Å². The fraction of sp³-hybridized carbons (Fsp3) is 0.158. The van der Waals surface area contributed by atoms with Gasteiger partial charge in [-0.05, 0) is 70.5 Å². The highest BCUT2D eigenvalue weighted by atomic mass is 79.9. The molecular weight excluding hydrogens is 416 g/mol. The molecule has 0 radical (unpaired) electrons. The van der Waals surface area contributed by atoms with E-state index < -0.39 is 0 Å². The Labute approximate surface area is 164 Å². The number of hydrogen-bond acceptors (Lipinski definition) is 5. The van der Waals surface area contributed by atoms with Crippen molar-refractivity contribution in [1.82, 2.24) is 5.32 Å². The Bertz CT molecular complexity index is 882. The Kier molecular flexibility index (Phi) is 6.00. The van der Waals surface area contributed by atoms with Crippen molar-refractivity contribution >= 4 is 50.5 Å². The van der Waals surface area contributed by atoms with Gasteiger partial charge < -0.3 is 14.8 Å². The van der Waals surface area contributed by atoms with Gasteiger partial charge in [-0.1, -0.05) is 18.2 Å². The van der Waals surface area contributed by atoms with Gasteiger partial charge in [0.2, 0.25) is 0 Å². The fourth-order valence-electron chi connectivity index (χ4n) is 2.36. The van der Waals surface area contributed by atoms with Crippen LogP contribution in [0.2, 0.25) is 0 Å². The van der Waals surface area contributed by atoms with Gasteiger partial charge in [0.05, 0.1) is 28.8 Å². The largest absolute Gasteiger partial charge is 0.493 e. The molecule has 3 rings (SSSR count).